The number of methoxy groups -OCH3 is 1. The van der Waals surface area contributed by atoms with Gasteiger partial charge in [0.15, 0.2) is 0 Å². The summed E-state index contributed by atoms with van der Waals surface area (Å²) in [7, 11) is 3.19. The lowest BCUT2D eigenvalue weighted by atomic mass is 9.95. The number of urea groups is 1. The molecule has 2 N–H and O–H groups in total. The average Bonchev–Trinajstić information content (AvgIpc) is 3.41. The lowest BCUT2D eigenvalue weighted by Gasteiger charge is -2.31. The number of nitrogens with one attached hydrogen (secondary N) is 2. The first-order valence-corrected chi connectivity index (χ1v) is 9.98. The number of carbonyl (C=O) groups excluding carboxylic acids is 3. The molecule has 9 heteroatoms. The molecule has 3 heterocycles. The molecule has 0 bridgehead atoms. The van der Waals surface area contributed by atoms with Gasteiger partial charge in [0.25, 0.3) is 5.91 Å². The molecule has 0 radical (unpaired) electrons. The number of hydrogen-bond acceptors (Lipinski definition) is 5. The number of nitrogens with zero attached hydrogens (tertiary/aromatic N) is 2. The molecule has 31 heavy (non-hydrogen) atoms. The highest BCUT2D eigenvalue weighted by Crippen LogP contribution is 2.38. The zero-order chi connectivity index (χ0) is 22.0. The molecule has 0 fully saturated rings. The predicted octanol–water partition coefficient (Wildman–Crippen LogP) is 1.79. The van der Waals surface area contributed by atoms with Crippen LogP contribution in [0, 0.1) is 0 Å². The van der Waals surface area contributed by atoms with E-state index in [4.69, 9.17) is 9.15 Å². The van der Waals surface area contributed by atoms with E-state index in [1.54, 1.807) is 43.5 Å². The van der Waals surface area contributed by atoms with Gasteiger partial charge in [0.2, 0.25) is 5.91 Å². The Hall–Kier alpha value is -3.75. The minimum Gasteiger partial charge on any atom is -0.496 e. The first kappa shape index (κ1) is 20.5. The van der Waals surface area contributed by atoms with Crippen molar-refractivity contribution >= 4 is 17.8 Å². The van der Waals surface area contributed by atoms with E-state index in [-0.39, 0.29) is 37.4 Å². The zero-order valence-corrected chi connectivity index (χ0v) is 17.4. The second kappa shape index (κ2) is 8.55. The molecule has 1 aromatic heterocycles. The summed E-state index contributed by atoms with van der Waals surface area (Å²) >= 11 is 0. The fourth-order valence-electron chi connectivity index (χ4n) is 3.87. The molecule has 1 aromatic carbocycles. The third-order valence-corrected chi connectivity index (χ3v) is 5.53. The van der Waals surface area contributed by atoms with Gasteiger partial charge in [0.05, 0.1) is 43.8 Å². The van der Waals surface area contributed by atoms with Crippen LogP contribution in [-0.4, -0.2) is 54.9 Å². The van der Waals surface area contributed by atoms with E-state index in [0.717, 1.165) is 0 Å². The quantitative estimate of drug-likeness (QED) is 0.705. The standard InChI is InChI=1S/C22H24N4O5/c1-25-16-13-26(10-9-18(27)23-12-14-6-5-11-31-14)21(28)19(16)20(24-22(25)29)15-7-3-4-8-17(15)30-2/h3-8,11,20H,9-10,12-13H2,1-2H3,(H,23,27)(H,24,29)/t20-/m0/s1. The topological polar surface area (TPSA) is 104 Å². The molecule has 2 aliphatic heterocycles. The van der Waals surface area contributed by atoms with Gasteiger partial charge in [-0.1, -0.05) is 18.2 Å². The molecule has 4 rings (SSSR count). The second-order valence-corrected chi connectivity index (χ2v) is 7.38. The van der Waals surface area contributed by atoms with E-state index in [2.05, 4.69) is 10.6 Å². The van der Waals surface area contributed by atoms with Crippen LogP contribution in [0.5, 0.6) is 5.75 Å². The predicted molar refractivity (Wildman–Crippen MR) is 111 cm³/mol. The fourth-order valence-corrected chi connectivity index (χ4v) is 3.87. The van der Waals surface area contributed by atoms with Crippen molar-refractivity contribution in [3.8, 4) is 5.75 Å². The summed E-state index contributed by atoms with van der Waals surface area (Å²) in [5.41, 5.74) is 1.86. The van der Waals surface area contributed by atoms with E-state index >= 15 is 0 Å². The number of benzene rings is 1. The zero-order valence-electron chi connectivity index (χ0n) is 17.4. The van der Waals surface area contributed by atoms with E-state index in [0.29, 0.717) is 34.9 Å². The average molecular weight is 424 g/mol. The van der Waals surface area contributed by atoms with Crippen LogP contribution >= 0.6 is 0 Å². The van der Waals surface area contributed by atoms with Gasteiger partial charge in [-0.15, -0.1) is 0 Å². The molecule has 9 nitrogen and oxygen atoms in total. The molecular weight excluding hydrogens is 400 g/mol. The summed E-state index contributed by atoms with van der Waals surface area (Å²) in [5, 5.41) is 5.67. The van der Waals surface area contributed by atoms with E-state index < -0.39 is 6.04 Å². The number of ether oxygens (including phenoxy) is 1. The molecule has 4 amide bonds. The van der Waals surface area contributed by atoms with Crippen molar-refractivity contribution in [1.29, 1.82) is 0 Å². The van der Waals surface area contributed by atoms with Crippen LogP contribution in [0.15, 0.2) is 58.3 Å². The Morgan fingerprint density at radius 3 is 2.81 bits per heavy atom. The molecule has 2 aromatic rings. The first-order valence-electron chi connectivity index (χ1n) is 9.98. The van der Waals surface area contributed by atoms with Crippen LogP contribution in [0.2, 0.25) is 0 Å². The third-order valence-electron chi connectivity index (χ3n) is 5.53. The Labute approximate surface area is 179 Å². The van der Waals surface area contributed by atoms with Crippen molar-refractivity contribution in [3.63, 3.8) is 0 Å². The van der Waals surface area contributed by atoms with Gasteiger partial charge in [0, 0.05) is 25.6 Å². The smallest absolute Gasteiger partial charge is 0.322 e. The SMILES string of the molecule is COc1ccccc1[C@@H]1NC(=O)N(C)C2=C1C(=O)N(CCC(=O)NCc1ccco1)C2. The molecule has 162 valence electrons. The van der Waals surface area contributed by atoms with Gasteiger partial charge in [-0.05, 0) is 18.2 Å². The molecule has 0 saturated heterocycles. The van der Waals surface area contributed by atoms with Crippen LogP contribution in [0.1, 0.15) is 23.8 Å². The van der Waals surface area contributed by atoms with Crippen molar-refractivity contribution in [2.24, 2.45) is 0 Å². The summed E-state index contributed by atoms with van der Waals surface area (Å²) in [6.07, 6.45) is 1.70. The minimum atomic E-state index is -0.611. The maximum atomic E-state index is 13.2. The fraction of sp³-hybridized carbons (Fsp3) is 0.318. The Balaban J connectivity index is 1.47. The number of para-hydroxylation sites is 1. The van der Waals surface area contributed by atoms with Crippen molar-refractivity contribution in [2.75, 3.05) is 27.2 Å². The van der Waals surface area contributed by atoms with Crippen molar-refractivity contribution < 1.29 is 23.5 Å². The van der Waals surface area contributed by atoms with E-state index in [1.807, 2.05) is 18.2 Å². The van der Waals surface area contributed by atoms with Gasteiger partial charge in [0.1, 0.15) is 11.5 Å². The van der Waals surface area contributed by atoms with Crippen molar-refractivity contribution in [1.82, 2.24) is 20.4 Å². The highest BCUT2D eigenvalue weighted by atomic mass is 16.5. The Morgan fingerprint density at radius 2 is 2.06 bits per heavy atom. The van der Waals surface area contributed by atoms with Crippen LogP contribution in [-0.2, 0) is 16.1 Å². The van der Waals surface area contributed by atoms with E-state index in [1.165, 1.54) is 4.90 Å². The lowest BCUT2D eigenvalue weighted by molar-refractivity contribution is -0.127. The van der Waals surface area contributed by atoms with Crippen LogP contribution in [0.25, 0.3) is 0 Å². The van der Waals surface area contributed by atoms with Gasteiger partial charge in [-0.3, -0.25) is 14.5 Å². The molecule has 0 spiro atoms. The van der Waals surface area contributed by atoms with Gasteiger partial charge in [-0.2, -0.15) is 0 Å². The highest BCUT2D eigenvalue weighted by molar-refractivity contribution is 6.01. The molecule has 0 aliphatic carbocycles. The summed E-state index contributed by atoms with van der Waals surface area (Å²) in [6.45, 7) is 0.817. The summed E-state index contributed by atoms with van der Waals surface area (Å²) in [6, 6.07) is 9.92. The molecular formula is C22H24N4O5. The molecule has 1 atom stereocenters. The summed E-state index contributed by atoms with van der Waals surface area (Å²) < 4.78 is 10.6. The van der Waals surface area contributed by atoms with Gasteiger partial charge < -0.3 is 24.7 Å². The van der Waals surface area contributed by atoms with Gasteiger partial charge >= 0.3 is 6.03 Å². The van der Waals surface area contributed by atoms with Crippen molar-refractivity contribution in [3.05, 3.63) is 65.3 Å². The largest absolute Gasteiger partial charge is 0.496 e. The Kier molecular flexibility index (Phi) is 5.66. The summed E-state index contributed by atoms with van der Waals surface area (Å²) in [4.78, 5) is 41.0. The highest BCUT2D eigenvalue weighted by Gasteiger charge is 2.43. The Morgan fingerprint density at radius 1 is 1.26 bits per heavy atom. The first-order chi connectivity index (χ1) is 15.0. The normalized spacial score (nSPS) is 18.2. The van der Waals surface area contributed by atoms with E-state index in [9.17, 15) is 14.4 Å². The number of rotatable bonds is 7. The van der Waals surface area contributed by atoms with Crippen LogP contribution in [0.3, 0.4) is 0 Å². The molecule has 0 unspecified atom stereocenters. The number of likely N-dealkylation sites (N-methyl/N-ethyl adjacent to an activating group) is 1. The number of furan rings is 1. The lowest BCUT2D eigenvalue weighted by Crippen LogP contribution is -2.45. The maximum absolute atomic E-state index is 13.2. The van der Waals surface area contributed by atoms with Gasteiger partial charge in [-0.25, -0.2) is 4.79 Å². The second-order valence-electron chi connectivity index (χ2n) is 7.38. The third kappa shape index (κ3) is 3.98. The number of hydrogen-bond donors (Lipinski definition) is 2. The number of amides is 4. The summed E-state index contributed by atoms with van der Waals surface area (Å²) in [5.74, 6) is 0.871. The van der Waals surface area contributed by atoms with Crippen LogP contribution < -0.4 is 15.4 Å². The monoisotopic (exact) mass is 424 g/mol. The number of carbonyl (C=O) groups is 3. The minimum absolute atomic E-state index is 0.150. The Bertz CT molecular complexity index is 1030. The van der Waals surface area contributed by atoms with Crippen molar-refractivity contribution in [2.45, 2.75) is 19.0 Å². The molecule has 0 saturated carbocycles. The molecule has 2 aliphatic rings. The van der Waals surface area contributed by atoms with Crippen LogP contribution in [0.4, 0.5) is 4.79 Å². The maximum Gasteiger partial charge on any atom is 0.322 e.